The zero-order valence-electron chi connectivity index (χ0n) is 9.57. The molecule has 0 saturated heterocycles. The molecular weight excluding hydrogens is 282 g/mol. The quantitative estimate of drug-likeness (QED) is 0.942. The van der Waals surface area contributed by atoms with Crippen LogP contribution in [-0.4, -0.2) is 17.0 Å². The molecule has 4 nitrogen and oxygen atoms in total. The Morgan fingerprint density at radius 1 is 1.29 bits per heavy atom. The second kappa shape index (κ2) is 5.14. The Balaban J connectivity index is 2.27. The molecule has 1 aromatic heterocycles. The van der Waals surface area contributed by atoms with E-state index in [4.69, 9.17) is 4.74 Å². The monoisotopic (exact) mass is 293 g/mol. The van der Waals surface area contributed by atoms with Crippen molar-refractivity contribution in [3.63, 3.8) is 0 Å². The predicted molar refractivity (Wildman–Crippen MR) is 70.5 cm³/mol. The van der Waals surface area contributed by atoms with E-state index in [9.17, 15) is 0 Å². The minimum atomic E-state index is 0.470. The lowest BCUT2D eigenvalue weighted by Gasteiger charge is -2.08. The van der Waals surface area contributed by atoms with E-state index in [1.165, 1.54) is 0 Å². The maximum Gasteiger partial charge on any atom is 0.239 e. The first-order valence-corrected chi connectivity index (χ1v) is 5.92. The molecule has 17 heavy (non-hydrogen) atoms. The number of halogens is 1. The van der Waals surface area contributed by atoms with Crippen molar-refractivity contribution in [2.75, 3.05) is 12.4 Å². The highest BCUT2D eigenvalue weighted by molar-refractivity contribution is 9.10. The molecule has 0 bridgehead atoms. The molecule has 0 atom stereocenters. The third-order valence-electron chi connectivity index (χ3n) is 2.23. The second-order valence-electron chi connectivity index (χ2n) is 3.50. The number of aryl methyl sites for hydroxylation is 1. The molecular formula is C12H12BrN3O. The highest BCUT2D eigenvalue weighted by Gasteiger charge is 2.04. The van der Waals surface area contributed by atoms with Gasteiger partial charge < -0.3 is 10.1 Å². The topological polar surface area (TPSA) is 47.0 Å². The van der Waals surface area contributed by atoms with Gasteiger partial charge in [0.2, 0.25) is 5.88 Å². The second-order valence-corrected chi connectivity index (χ2v) is 4.42. The van der Waals surface area contributed by atoms with E-state index in [0.29, 0.717) is 11.7 Å². The number of rotatable bonds is 3. The molecule has 2 aromatic rings. The Bertz CT molecular complexity index is 531. The van der Waals surface area contributed by atoms with Gasteiger partial charge in [-0.15, -0.1) is 0 Å². The van der Waals surface area contributed by atoms with E-state index in [-0.39, 0.29) is 0 Å². The molecule has 0 fully saturated rings. The van der Waals surface area contributed by atoms with Gasteiger partial charge in [-0.05, 0) is 24.6 Å². The summed E-state index contributed by atoms with van der Waals surface area (Å²) >= 11 is 3.41. The first kappa shape index (κ1) is 11.9. The van der Waals surface area contributed by atoms with Crippen LogP contribution < -0.4 is 10.1 Å². The van der Waals surface area contributed by atoms with E-state index in [0.717, 1.165) is 15.8 Å². The van der Waals surface area contributed by atoms with E-state index in [1.807, 2.05) is 25.1 Å². The van der Waals surface area contributed by atoms with Crippen molar-refractivity contribution in [1.82, 2.24) is 9.97 Å². The van der Waals surface area contributed by atoms with Gasteiger partial charge >= 0.3 is 0 Å². The lowest BCUT2D eigenvalue weighted by atomic mass is 10.2. The molecule has 2 rings (SSSR count). The van der Waals surface area contributed by atoms with Crippen molar-refractivity contribution >= 4 is 21.7 Å². The van der Waals surface area contributed by atoms with Crippen LogP contribution in [0.3, 0.4) is 0 Å². The third kappa shape index (κ3) is 2.94. The van der Waals surface area contributed by atoms with Gasteiger partial charge in [0.15, 0.2) is 0 Å². The number of anilines is 1. The van der Waals surface area contributed by atoms with Gasteiger partial charge in [-0.25, -0.2) is 0 Å². The van der Waals surface area contributed by atoms with E-state index in [1.54, 1.807) is 19.4 Å². The van der Waals surface area contributed by atoms with Crippen LogP contribution in [0.5, 0.6) is 11.6 Å². The van der Waals surface area contributed by atoms with Crippen molar-refractivity contribution in [2.24, 2.45) is 0 Å². The Hall–Kier alpha value is -1.62. The number of hydrogen-bond donors (Lipinski definition) is 1. The highest BCUT2D eigenvalue weighted by Crippen LogP contribution is 2.27. The summed E-state index contributed by atoms with van der Waals surface area (Å²) in [6, 6.07) is 5.86. The molecule has 1 aromatic carbocycles. The van der Waals surface area contributed by atoms with Crippen LogP contribution in [0.25, 0.3) is 0 Å². The Kier molecular flexibility index (Phi) is 3.58. The van der Waals surface area contributed by atoms with E-state index in [2.05, 4.69) is 31.2 Å². The van der Waals surface area contributed by atoms with Gasteiger partial charge in [0.25, 0.3) is 0 Å². The fourth-order valence-corrected chi connectivity index (χ4v) is 1.65. The van der Waals surface area contributed by atoms with Crippen molar-refractivity contribution in [3.05, 3.63) is 40.6 Å². The van der Waals surface area contributed by atoms with Crippen molar-refractivity contribution in [2.45, 2.75) is 6.92 Å². The van der Waals surface area contributed by atoms with Gasteiger partial charge in [-0.2, -0.15) is 4.98 Å². The van der Waals surface area contributed by atoms with Gasteiger partial charge in [-0.3, -0.25) is 4.98 Å². The molecule has 0 aliphatic heterocycles. The average Bonchev–Trinajstić information content (AvgIpc) is 2.34. The maximum absolute atomic E-state index is 5.69. The van der Waals surface area contributed by atoms with Crippen LogP contribution in [0.1, 0.15) is 5.56 Å². The summed E-state index contributed by atoms with van der Waals surface area (Å²) in [4.78, 5) is 8.29. The molecule has 0 spiro atoms. The Labute approximate surface area is 108 Å². The molecule has 0 aliphatic rings. The van der Waals surface area contributed by atoms with Crippen LogP contribution in [0, 0.1) is 6.92 Å². The summed E-state index contributed by atoms with van der Waals surface area (Å²) in [5, 5.41) is 2.92. The molecule has 0 saturated carbocycles. The minimum absolute atomic E-state index is 0.470. The van der Waals surface area contributed by atoms with Crippen LogP contribution in [0.15, 0.2) is 35.1 Å². The van der Waals surface area contributed by atoms with Crippen molar-refractivity contribution in [3.8, 4) is 11.6 Å². The maximum atomic E-state index is 5.69. The Morgan fingerprint density at radius 2 is 2.12 bits per heavy atom. The predicted octanol–water partition coefficient (Wildman–Crippen LogP) is 3.38. The van der Waals surface area contributed by atoms with Crippen molar-refractivity contribution < 1.29 is 4.74 Å². The molecule has 88 valence electrons. The summed E-state index contributed by atoms with van der Waals surface area (Å²) < 4.78 is 6.66. The van der Waals surface area contributed by atoms with E-state index < -0.39 is 0 Å². The molecule has 0 aliphatic carbocycles. The van der Waals surface area contributed by atoms with Gasteiger partial charge in [0.05, 0.1) is 12.4 Å². The summed E-state index contributed by atoms with van der Waals surface area (Å²) in [7, 11) is 1.79. The van der Waals surface area contributed by atoms with Gasteiger partial charge in [0.1, 0.15) is 11.6 Å². The summed E-state index contributed by atoms with van der Waals surface area (Å²) in [6.45, 7) is 1.98. The lowest BCUT2D eigenvalue weighted by molar-refractivity contribution is 0.457. The molecule has 0 amide bonds. The standard InChI is InChI=1S/C12H12BrN3O/c1-8-3-4-9(13)5-10(8)17-12-7-15-6-11(14-2)16-12/h3-7H,1-2H3,(H,14,16). The number of nitrogens with zero attached hydrogens (tertiary/aromatic N) is 2. The number of benzene rings is 1. The number of aromatic nitrogens is 2. The van der Waals surface area contributed by atoms with Crippen LogP contribution in [0.4, 0.5) is 5.82 Å². The highest BCUT2D eigenvalue weighted by atomic mass is 79.9. The fourth-order valence-electron chi connectivity index (χ4n) is 1.31. The molecule has 0 radical (unpaired) electrons. The largest absolute Gasteiger partial charge is 0.437 e. The van der Waals surface area contributed by atoms with Crippen LogP contribution >= 0.6 is 15.9 Å². The van der Waals surface area contributed by atoms with Crippen molar-refractivity contribution in [1.29, 1.82) is 0 Å². The molecule has 1 N–H and O–H groups in total. The smallest absolute Gasteiger partial charge is 0.239 e. The minimum Gasteiger partial charge on any atom is -0.437 e. The summed E-state index contributed by atoms with van der Waals surface area (Å²) in [5.74, 6) is 1.91. The first-order valence-electron chi connectivity index (χ1n) is 5.13. The number of hydrogen-bond acceptors (Lipinski definition) is 4. The number of ether oxygens (including phenoxy) is 1. The third-order valence-corrected chi connectivity index (χ3v) is 2.73. The molecule has 1 heterocycles. The Morgan fingerprint density at radius 3 is 2.88 bits per heavy atom. The normalized spacial score (nSPS) is 10.1. The zero-order valence-corrected chi connectivity index (χ0v) is 11.2. The van der Waals surface area contributed by atoms with Gasteiger partial charge in [0, 0.05) is 11.5 Å². The summed E-state index contributed by atoms with van der Waals surface area (Å²) in [6.07, 6.45) is 3.22. The fraction of sp³-hybridized carbons (Fsp3) is 0.167. The van der Waals surface area contributed by atoms with Gasteiger partial charge in [-0.1, -0.05) is 22.0 Å². The SMILES string of the molecule is CNc1cncc(Oc2cc(Br)ccc2C)n1. The first-order chi connectivity index (χ1) is 8.19. The molecule has 0 unspecified atom stereocenters. The zero-order chi connectivity index (χ0) is 12.3. The summed E-state index contributed by atoms with van der Waals surface area (Å²) in [5.41, 5.74) is 1.05. The molecule has 5 heteroatoms. The van der Waals surface area contributed by atoms with Crippen LogP contribution in [-0.2, 0) is 0 Å². The lowest BCUT2D eigenvalue weighted by Crippen LogP contribution is -1.96. The van der Waals surface area contributed by atoms with E-state index >= 15 is 0 Å². The average molecular weight is 294 g/mol. The number of nitrogens with one attached hydrogen (secondary N) is 1. The van der Waals surface area contributed by atoms with Crippen LogP contribution in [0.2, 0.25) is 0 Å².